The average molecular weight is 236 g/mol. The number of nitrogens with zero attached hydrogens (tertiary/aromatic N) is 1. The van der Waals surface area contributed by atoms with Crippen molar-refractivity contribution in [2.24, 2.45) is 0 Å². The number of nitrogens with one attached hydrogen (secondary N) is 1. The Kier molecular flexibility index (Phi) is 3.02. The Morgan fingerprint density at radius 1 is 1.71 bits per heavy atom. The summed E-state index contributed by atoms with van der Waals surface area (Å²) >= 11 is 0. The molecule has 0 amide bonds. The third-order valence-corrected chi connectivity index (χ3v) is 3.31. The zero-order chi connectivity index (χ0) is 12.5. The summed E-state index contributed by atoms with van der Waals surface area (Å²) in [6.07, 6.45) is 2.46. The van der Waals surface area contributed by atoms with Crippen LogP contribution in [0.4, 0.5) is 5.82 Å². The first-order valence-corrected chi connectivity index (χ1v) is 5.60. The van der Waals surface area contributed by atoms with E-state index in [1.807, 2.05) is 6.92 Å². The van der Waals surface area contributed by atoms with E-state index in [9.17, 15) is 4.79 Å². The van der Waals surface area contributed by atoms with Crippen molar-refractivity contribution in [2.75, 3.05) is 11.9 Å². The van der Waals surface area contributed by atoms with E-state index in [0.29, 0.717) is 12.4 Å². The van der Waals surface area contributed by atoms with Gasteiger partial charge in [-0.05, 0) is 32.4 Å². The van der Waals surface area contributed by atoms with Crippen LogP contribution < -0.4 is 5.32 Å². The predicted octanol–water partition coefficient (Wildman–Crippen LogP) is 1.76. The minimum Gasteiger partial charge on any atom is -0.478 e. The molecule has 1 aliphatic rings. The highest BCUT2D eigenvalue weighted by Crippen LogP contribution is 2.28. The number of anilines is 1. The van der Waals surface area contributed by atoms with E-state index in [1.54, 1.807) is 6.07 Å². The standard InChI is InChI=1S/C12H16N2O3/c1-8-12(2,4-6-17-8)14-10-7-9(11(15)16)3-5-13-10/h3,5,7-8H,4,6H2,1-2H3,(H,13,14)(H,15,16). The summed E-state index contributed by atoms with van der Waals surface area (Å²) in [5.74, 6) is -0.374. The molecule has 2 rings (SSSR count). The lowest BCUT2D eigenvalue weighted by Crippen LogP contribution is -2.41. The van der Waals surface area contributed by atoms with Crippen LogP contribution in [0.25, 0.3) is 0 Å². The van der Waals surface area contributed by atoms with Crippen molar-refractivity contribution in [3.05, 3.63) is 23.9 Å². The third-order valence-electron chi connectivity index (χ3n) is 3.31. The van der Waals surface area contributed by atoms with E-state index >= 15 is 0 Å². The Morgan fingerprint density at radius 2 is 2.47 bits per heavy atom. The molecule has 2 unspecified atom stereocenters. The molecule has 0 bridgehead atoms. The zero-order valence-corrected chi connectivity index (χ0v) is 9.93. The van der Waals surface area contributed by atoms with Crippen molar-refractivity contribution < 1.29 is 14.6 Å². The number of pyridine rings is 1. The van der Waals surface area contributed by atoms with Gasteiger partial charge in [-0.3, -0.25) is 0 Å². The molecular formula is C12H16N2O3. The number of carboxylic acid groups (broad SMARTS) is 1. The second-order valence-electron chi connectivity index (χ2n) is 4.54. The number of aromatic carboxylic acids is 1. The minimum absolute atomic E-state index is 0.0813. The highest BCUT2D eigenvalue weighted by atomic mass is 16.5. The molecule has 0 saturated carbocycles. The van der Waals surface area contributed by atoms with Gasteiger partial charge in [0.15, 0.2) is 0 Å². The van der Waals surface area contributed by atoms with E-state index < -0.39 is 5.97 Å². The summed E-state index contributed by atoms with van der Waals surface area (Å²) < 4.78 is 5.51. The maximum Gasteiger partial charge on any atom is 0.335 e. The number of hydrogen-bond acceptors (Lipinski definition) is 4. The molecule has 2 atom stereocenters. The molecule has 0 aliphatic carbocycles. The lowest BCUT2D eigenvalue weighted by atomic mass is 9.94. The molecule has 1 aromatic heterocycles. The number of carbonyl (C=O) groups is 1. The molecule has 1 aromatic rings. The third kappa shape index (κ3) is 2.39. The Labute approximate surface area is 99.8 Å². The Bertz CT molecular complexity index is 436. The van der Waals surface area contributed by atoms with Gasteiger partial charge in [0.05, 0.1) is 17.2 Å². The molecule has 0 spiro atoms. The predicted molar refractivity (Wildman–Crippen MR) is 63.3 cm³/mol. The maximum atomic E-state index is 10.9. The van der Waals surface area contributed by atoms with Gasteiger partial charge in [-0.1, -0.05) is 0 Å². The van der Waals surface area contributed by atoms with Crippen LogP contribution in [0.2, 0.25) is 0 Å². The molecule has 92 valence electrons. The van der Waals surface area contributed by atoms with Gasteiger partial charge in [0.2, 0.25) is 0 Å². The van der Waals surface area contributed by atoms with Crippen LogP contribution in [-0.2, 0) is 4.74 Å². The quantitative estimate of drug-likeness (QED) is 0.836. The van der Waals surface area contributed by atoms with Crippen LogP contribution in [0.3, 0.4) is 0 Å². The molecular weight excluding hydrogens is 220 g/mol. The van der Waals surface area contributed by atoms with E-state index in [1.165, 1.54) is 12.3 Å². The molecule has 2 N–H and O–H groups in total. The normalized spacial score (nSPS) is 28.0. The Balaban J connectivity index is 2.18. The topological polar surface area (TPSA) is 71.5 Å². The minimum atomic E-state index is -0.948. The fourth-order valence-corrected chi connectivity index (χ4v) is 1.92. The fraction of sp³-hybridized carbons (Fsp3) is 0.500. The fourth-order valence-electron chi connectivity index (χ4n) is 1.92. The Hall–Kier alpha value is -1.62. The molecule has 17 heavy (non-hydrogen) atoms. The molecule has 2 heterocycles. The number of carboxylic acids is 1. The zero-order valence-electron chi connectivity index (χ0n) is 9.93. The van der Waals surface area contributed by atoms with E-state index in [4.69, 9.17) is 9.84 Å². The number of rotatable bonds is 3. The van der Waals surface area contributed by atoms with Gasteiger partial charge in [0.25, 0.3) is 0 Å². The number of hydrogen-bond donors (Lipinski definition) is 2. The van der Waals surface area contributed by atoms with Crippen molar-refractivity contribution in [3.63, 3.8) is 0 Å². The van der Waals surface area contributed by atoms with Crippen LogP contribution in [-0.4, -0.2) is 34.3 Å². The van der Waals surface area contributed by atoms with Gasteiger partial charge < -0.3 is 15.2 Å². The SMILES string of the molecule is CC1OCCC1(C)Nc1cc(C(=O)O)ccn1. The highest BCUT2D eigenvalue weighted by Gasteiger charge is 2.37. The van der Waals surface area contributed by atoms with Gasteiger partial charge in [-0.2, -0.15) is 0 Å². The van der Waals surface area contributed by atoms with Crippen LogP contribution >= 0.6 is 0 Å². The second kappa shape index (κ2) is 4.33. The average Bonchev–Trinajstić information content (AvgIpc) is 2.59. The monoisotopic (exact) mass is 236 g/mol. The lowest BCUT2D eigenvalue weighted by Gasteiger charge is -2.29. The van der Waals surface area contributed by atoms with Gasteiger partial charge in [0, 0.05) is 12.8 Å². The summed E-state index contributed by atoms with van der Waals surface area (Å²) in [4.78, 5) is 15.0. The van der Waals surface area contributed by atoms with E-state index in [-0.39, 0.29) is 17.2 Å². The first-order valence-electron chi connectivity index (χ1n) is 5.60. The largest absolute Gasteiger partial charge is 0.478 e. The first kappa shape index (κ1) is 11.9. The lowest BCUT2D eigenvalue weighted by molar-refractivity contribution is 0.0697. The van der Waals surface area contributed by atoms with E-state index in [0.717, 1.165) is 6.42 Å². The highest BCUT2D eigenvalue weighted by molar-refractivity contribution is 5.88. The van der Waals surface area contributed by atoms with Crippen LogP contribution in [0, 0.1) is 0 Å². The van der Waals surface area contributed by atoms with Gasteiger partial charge >= 0.3 is 5.97 Å². The maximum absolute atomic E-state index is 10.9. The molecule has 1 saturated heterocycles. The molecule has 0 radical (unpaired) electrons. The molecule has 5 nitrogen and oxygen atoms in total. The van der Waals surface area contributed by atoms with Gasteiger partial charge in [-0.25, -0.2) is 9.78 Å². The van der Waals surface area contributed by atoms with Crippen molar-refractivity contribution in [3.8, 4) is 0 Å². The summed E-state index contributed by atoms with van der Waals surface area (Å²) in [6, 6.07) is 3.02. The first-order chi connectivity index (χ1) is 8.01. The van der Waals surface area contributed by atoms with Crippen molar-refractivity contribution in [1.82, 2.24) is 4.98 Å². The molecule has 1 aliphatic heterocycles. The molecule has 0 aromatic carbocycles. The van der Waals surface area contributed by atoms with Crippen molar-refractivity contribution >= 4 is 11.8 Å². The van der Waals surface area contributed by atoms with E-state index in [2.05, 4.69) is 17.2 Å². The van der Waals surface area contributed by atoms with Crippen LogP contribution in [0.5, 0.6) is 0 Å². The van der Waals surface area contributed by atoms with Crippen LogP contribution in [0.1, 0.15) is 30.6 Å². The summed E-state index contributed by atoms with van der Waals surface area (Å²) in [6.45, 7) is 4.77. The molecule has 5 heteroatoms. The number of aromatic nitrogens is 1. The summed E-state index contributed by atoms with van der Waals surface area (Å²) in [5, 5.41) is 12.2. The number of ether oxygens (including phenoxy) is 1. The Morgan fingerprint density at radius 3 is 3.06 bits per heavy atom. The van der Waals surface area contributed by atoms with Gasteiger partial charge in [0.1, 0.15) is 5.82 Å². The van der Waals surface area contributed by atoms with Crippen molar-refractivity contribution in [1.29, 1.82) is 0 Å². The molecule has 1 fully saturated rings. The summed E-state index contributed by atoms with van der Waals surface area (Å²) in [5.41, 5.74) is 0.0436. The van der Waals surface area contributed by atoms with Gasteiger partial charge in [-0.15, -0.1) is 0 Å². The smallest absolute Gasteiger partial charge is 0.335 e. The van der Waals surface area contributed by atoms with Crippen molar-refractivity contribution in [2.45, 2.75) is 31.9 Å². The second-order valence-corrected chi connectivity index (χ2v) is 4.54. The summed E-state index contributed by atoms with van der Waals surface area (Å²) in [7, 11) is 0. The van der Waals surface area contributed by atoms with Crippen LogP contribution in [0.15, 0.2) is 18.3 Å².